The molecule has 1 aliphatic carbocycles. The number of hydrogen-bond donors (Lipinski definition) is 0. The molecule has 2 aliphatic rings. The quantitative estimate of drug-likeness (QED) is 0.673. The first-order chi connectivity index (χ1) is 7.22. The van der Waals surface area contributed by atoms with E-state index in [9.17, 15) is 4.79 Å². The van der Waals surface area contributed by atoms with Crippen LogP contribution in [-0.2, 0) is 14.3 Å². The summed E-state index contributed by atoms with van der Waals surface area (Å²) in [5.74, 6) is -0.381. The summed E-state index contributed by atoms with van der Waals surface area (Å²) in [5, 5.41) is 0. The molecule has 0 unspecified atom stereocenters. The Labute approximate surface area is 91.1 Å². The highest BCUT2D eigenvalue weighted by Crippen LogP contribution is 2.51. The van der Waals surface area contributed by atoms with Gasteiger partial charge in [-0.2, -0.15) is 0 Å². The predicted molar refractivity (Wildman–Crippen MR) is 56.5 cm³/mol. The van der Waals surface area contributed by atoms with Gasteiger partial charge < -0.3 is 14.3 Å². The van der Waals surface area contributed by atoms with Crippen molar-refractivity contribution in [2.24, 2.45) is 5.41 Å². The third kappa shape index (κ3) is 1.83. The van der Waals surface area contributed by atoms with Crippen LogP contribution in [0, 0.1) is 5.41 Å². The van der Waals surface area contributed by atoms with E-state index >= 15 is 0 Å². The van der Waals surface area contributed by atoms with Crippen LogP contribution in [0.15, 0.2) is 0 Å². The Morgan fingerprint density at radius 3 is 2.53 bits per heavy atom. The topological polar surface area (TPSA) is 35.5 Å². The largest absolute Gasteiger partial charge is 0.347 e. The zero-order valence-electron chi connectivity index (χ0n) is 9.46. The average Bonchev–Trinajstić information content (AvgIpc) is 2.71. The molecular formula is C12H20O3. The van der Waals surface area contributed by atoms with E-state index in [0.717, 1.165) is 25.5 Å². The Kier molecular flexibility index (Phi) is 3.12. The summed E-state index contributed by atoms with van der Waals surface area (Å²) in [7, 11) is 0. The average molecular weight is 212 g/mol. The molecule has 2 rings (SSSR count). The second-order valence-corrected chi connectivity index (χ2v) is 4.92. The third-order valence-corrected chi connectivity index (χ3v) is 3.97. The van der Waals surface area contributed by atoms with E-state index in [1.54, 1.807) is 0 Å². The third-order valence-electron chi connectivity index (χ3n) is 3.97. The molecule has 0 amide bonds. The summed E-state index contributed by atoms with van der Waals surface area (Å²) in [6.45, 7) is 3.62. The second kappa shape index (κ2) is 4.22. The van der Waals surface area contributed by atoms with Crippen molar-refractivity contribution in [1.82, 2.24) is 0 Å². The summed E-state index contributed by atoms with van der Waals surface area (Å²) < 4.78 is 11.7. The van der Waals surface area contributed by atoms with Crippen LogP contribution in [0.2, 0.25) is 0 Å². The van der Waals surface area contributed by atoms with Crippen molar-refractivity contribution in [3.8, 4) is 0 Å². The highest BCUT2D eigenvalue weighted by molar-refractivity contribution is 5.49. The van der Waals surface area contributed by atoms with Crippen molar-refractivity contribution in [3.05, 3.63) is 0 Å². The lowest BCUT2D eigenvalue weighted by atomic mass is 9.68. The lowest BCUT2D eigenvalue weighted by Gasteiger charge is -2.47. The molecule has 86 valence electrons. The maximum Gasteiger partial charge on any atom is 0.173 e. The lowest BCUT2D eigenvalue weighted by Crippen LogP contribution is -2.49. The minimum absolute atomic E-state index is 0.0304. The molecule has 1 atom stereocenters. The van der Waals surface area contributed by atoms with Gasteiger partial charge in [0, 0.05) is 18.3 Å². The number of aldehydes is 1. The molecule has 1 saturated carbocycles. The minimum atomic E-state index is -0.381. The van der Waals surface area contributed by atoms with Gasteiger partial charge in [-0.3, -0.25) is 0 Å². The molecule has 3 nitrogen and oxygen atoms in total. The molecule has 1 saturated heterocycles. The van der Waals surface area contributed by atoms with E-state index in [0.29, 0.717) is 19.6 Å². The Balaban J connectivity index is 2.13. The van der Waals surface area contributed by atoms with Crippen LogP contribution < -0.4 is 0 Å². The molecule has 1 aliphatic heterocycles. The van der Waals surface area contributed by atoms with Crippen molar-refractivity contribution in [3.63, 3.8) is 0 Å². The number of rotatable bonds is 3. The van der Waals surface area contributed by atoms with E-state index in [2.05, 4.69) is 6.92 Å². The lowest BCUT2D eigenvalue weighted by molar-refractivity contribution is -0.252. The van der Waals surface area contributed by atoms with E-state index in [4.69, 9.17) is 9.47 Å². The van der Waals surface area contributed by atoms with E-state index in [1.807, 2.05) is 0 Å². The molecule has 3 heteroatoms. The fourth-order valence-corrected chi connectivity index (χ4v) is 3.01. The zero-order valence-corrected chi connectivity index (χ0v) is 9.46. The smallest absolute Gasteiger partial charge is 0.173 e. The SMILES string of the molecule is C[C@@]1(CCC=O)CCCCC12OCCO2. The van der Waals surface area contributed by atoms with Crippen LogP contribution in [0.4, 0.5) is 0 Å². The van der Waals surface area contributed by atoms with Gasteiger partial charge in [0.25, 0.3) is 0 Å². The Morgan fingerprint density at radius 2 is 1.87 bits per heavy atom. The zero-order chi connectivity index (χ0) is 10.8. The number of carbonyl (C=O) groups excluding carboxylic acids is 1. The van der Waals surface area contributed by atoms with Gasteiger partial charge >= 0.3 is 0 Å². The van der Waals surface area contributed by atoms with E-state index in [1.165, 1.54) is 12.8 Å². The summed E-state index contributed by atoms with van der Waals surface area (Å²) in [5.41, 5.74) is 0.0304. The summed E-state index contributed by atoms with van der Waals surface area (Å²) in [6.07, 6.45) is 7.01. The standard InChI is InChI=1S/C12H20O3/c1-11(6-4-8-13)5-2-3-7-12(11)14-9-10-15-12/h8H,2-7,9-10H2,1H3/t11-/m0/s1. The maximum absolute atomic E-state index is 10.5. The minimum Gasteiger partial charge on any atom is -0.347 e. The molecule has 0 aromatic heterocycles. The Hall–Kier alpha value is -0.410. The molecule has 2 fully saturated rings. The van der Waals surface area contributed by atoms with Gasteiger partial charge in [-0.1, -0.05) is 13.3 Å². The predicted octanol–water partition coefficient (Wildman–Crippen LogP) is 2.29. The summed E-state index contributed by atoms with van der Waals surface area (Å²) in [6, 6.07) is 0. The molecular weight excluding hydrogens is 192 g/mol. The van der Waals surface area contributed by atoms with Gasteiger partial charge in [-0.15, -0.1) is 0 Å². The monoisotopic (exact) mass is 212 g/mol. The first-order valence-electron chi connectivity index (χ1n) is 5.94. The first kappa shape index (κ1) is 11.1. The molecule has 0 N–H and O–H groups in total. The van der Waals surface area contributed by atoms with E-state index < -0.39 is 0 Å². The molecule has 1 heterocycles. The van der Waals surface area contributed by atoms with Gasteiger partial charge in [-0.25, -0.2) is 0 Å². The van der Waals surface area contributed by atoms with Crippen molar-refractivity contribution in [2.75, 3.05) is 13.2 Å². The normalized spacial score (nSPS) is 34.5. The molecule has 0 aromatic rings. The Bertz CT molecular complexity index is 233. The fraction of sp³-hybridized carbons (Fsp3) is 0.917. The number of hydrogen-bond acceptors (Lipinski definition) is 3. The van der Waals surface area contributed by atoms with Crippen LogP contribution >= 0.6 is 0 Å². The van der Waals surface area contributed by atoms with Crippen molar-refractivity contribution < 1.29 is 14.3 Å². The van der Waals surface area contributed by atoms with Crippen molar-refractivity contribution >= 4 is 6.29 Å². The fourth-order valence-electron chi connectivity index (χ4n) is 3.01. The van der Waals surface area contributed by atoms with Crippen LogP contribution in [-0.4, -0.2) is 25.3 Å². The number of carbonyl (C=O) groups is 1. The highest BCUT2D eigenvalue weighted by atomic mass is 16.7. The van der Waals surface area contributed by atoms with Crippen LogP contribution in [0.25, 0.3) is 0 Å². The van der Waals surface area contributed by atoms with E-state index in [-0.39, 0.29) is 11.2 Å². The van der Waals surface area contributed by atoms with Gasteiger partial charge in [0.05, 0.1) is 13.2 Å². The van der Waals surface area contributed by atoms with Gasteiger partial charge in [-0.05, 0) is 19.3 Å². The molecule has 15 heavy (non-hydrogen) atoms. The second-order valence-electron chi connectivity index (χ2n) is 4.92. The van der Waals surface area contributed by atoms with Crippen LogP contribution in [0.3, 0.4) is 0 Å². The van der Waals surface area contributed by atoms with Gasteiger partial charge in [0.1, 0.15) is 6.29 Å². The summed E-state index contributed by atoms with van der Waals surface area (Å²) in [4.78, 5) is 10.5. The molecule has 1 spiro atoms. The van der Waals surface area contributed by atoms with Gasteiger partial charge in [0.2, 0.25) is 0 Å². The Morgan fingerprint density at radius 1 is 1.20 bits per heavy atom. The van der Waals surface area contributed by atoms with Crippen molar-refractivity contribution in [1.29, 1.82) is 0 Å². The molecule has 0 aromatic carbocycles. The summed E-state index contributed by atoms with van der Waals surface area (Å²) >= 11 is 0. The molecule has 0 radical (unpaired) electrons. The first-order valence-corrected chi connectivity index (χ1v) is 5.94. The van der Waals surface area contributed by atoms with Crippen LogP contribution in [0.1, 0.15) is 45.4 Å². The number of ether oxygens (including phenoxy) is 2. The van der Waals surface area contributed by atoms with Crippen LogP contribution in [0.5, 0.6) is 0 Å². The van der Waals surface area contributed by atoms with Gasteiger partial charge in [0.15, 0.2) is 5.79 Å². The van der Waals surface area contributed by atoms with Crippen molar-refractivity contribution in [2.45, 2.75) is 51.2 Å². The maximum atomic E-state index is 10.5. The highest BCUT2D eigenvalue weighted by Gasteiger charge is 2.53. The molecule has 0 bridgehead atoms.